The summed E-state index contributed by atoms with van der Waals surface area (Å²) >= 11 is 3.33. The van der Waals surface area contributed by atoms with Crippen molar-refractivity contribution in [2.24, 2.45) is 23.5 Å². The highest BCUT2D eigenvalue weighted by atomic mass is 79.9. The normalized spacial score (nSPS) is 24.9. The molecular weight excluding hydrogens is 317 g/mol. The Morgan fingerprint density at radius 1 is 1.20 bits per heavy atom. The highest BCUT2D eigenvalue weighted by Crippen LogP contribution is 2.35. The van der Waals surface area contributed by atoms with Crippen LogP contribution in [0.25, 0.3) is 0 Å². The first-order valence-corrected chi connectivity index (χ1v) is 8.46. The van der Waals surface area contributed by atoms with Crippen molar-refractivity contribution in [3.05, 3.63) is 34.1 Å². The monoisotopic (exact) mass is 341 g/mol. The summed E-state index contributed by atoms with van der Waals surface area (Å²) in [6, 6.07) is 5.35. The molecule has 112 valence electrons. The van der Waals surface area contributed by atoms with Gasteiger partial charge in [0.15, 0.2) is 0 Å². The Labute approximate surface area is 130 Å². The molecule has 1 aromatic carbocycles. The molecule has 1 aromatic rings. The first-order valence-electron chi connectivity index (χ1n) is 7.67. The van der Waals surface area contributed by atoms with Crippen molar-refractivity contribution >= 4 is 15.9 Å². The van der Waals surface area contributed by atoms with Gasteiger partial charge in [-0.2, -0.15) is 0 Å². The predicted octanol–water partition coefficient (Wildman–Crippen LogP) is 4.92. The fraction of sp³-hybridized carbons (Fsp3) is 0.647. The van der Waals surface area contributed by atoms with Crippen LogP contribution in [0, 0.1) is 23.6 Å². The quantitative estimate of drug-likeness (QED) is 0.826. The minimum atomic E-state index is -0.196. The number of hydrogen-bond donors (Lipinski definition) is 1. The van der Waals surface area contributed by atoms with Gasteiger partial charge in [-0.05, 0) is 77.4 Å². The van der Waals surface area contributed by atoms with Gasteiger partial charge in [-0.1, -0.05) is 26.0 Å². The summed E-state index contributed by atoms with van der Waals surface area (Å²) in [4.78, 5) is 0. The molecule has 1 fully saturated rings. The largest absolute Gasteiger partial charge is 0.327 e. The lowest BCUT2D eigenvalue weighted by molar-refractivity contribution is 0.202. The Morgan fingerprint density at radius 3 is 2.40 bits per heavy atom. The molecule has 0 radical (unpaired) electrons. The molecule has 0 aromatic heterocycles. The third-order valence-electron chi connectivity index (χ3n) is 4.85. The zero-order valence-electron chi connectivity index (χ0n) is 12.4. The second-order valence-electron chi connectivity index (χ2n) is 6.50. The van der Waals surface area contributed by atoms with E-state index in [4.69, 9.17) is 5.73 Å². The maximum atomic E-state index is 13.5. The van der Waals surface area contributed by atoms with Gasteiger partial charge < -0.3 is 5.73 Å². The molecule has 1 aliphatic rings. The van der Waals surface area contributed by atoms with E-state index in [1.165, 1.54) is 31.7 Å². The van der Waals surface area contributed by atoms with Crippen LogP contribution in [0.15, 0.2) is 22.7 Å². The summed E-state index contributed by atoms with van der Waals surface area (Å²) in [6.07, 6.45) is 5.78. The summed E-state index contributed by atoms with van der Waals surface area (Å²) in [5, 5.41) is 0. The van der Waals surface area contributed by atoms with Crippen molar-refractivity contribution in [1.29, 1.82) is 0 Å². The second kappa shape index (κ2) is 7.04. The zero-order chi connectivity index (χ0) is 14.7. The first-order chi connectivity index (χ1) is 9.49. The van der Waals surface area contributed by atoms with Crippen LogP contribution in [0.3, 0.4) is 0 Å². The van der Waals surface area contributed by atoms with Gasteiger partial charge >= 0.3 is 0 Å². The lowest BCUT2D eigenvalue weighted by Gasteiger charge is -2.34. The standard InChI is InChI=1S/C17H25BrFN/c1-11(2)12-6-8-13(9-7-12)16(20)10-14-4-3-5-15(19)17(14)18/h3-5,11-13,16H,6-10,20H2,1-2H3. The van der Waals surface area contributed by atoms with Gasteiger partial charge in [0, 0.05) is 6.04 Å². The van der Waals surface area contributed by atoms with Crippen LogP contribution in [-0.2, 0) is 6.42 Å². The number of hydrogen-bond acceptors (Lipinski definition) is 1. The van der Waals surface area contributed by atoms with E-state index in [1.807, 2.05) is 6.07 Å². The lowest BCUT2D eigenvalue weighted by atomic mass is 9.74. The summed E-state index contributed by atoms with van der Waals surface area (Å²) in [5.74, 6) is 2.03. The topological polar surface area (TPSA) is 26.0 Å². The minimum absolute atomic E-state index is 0.140. The van der Waals surface area contributed by atoms with Gasteiger partial charge in [-0.25, -0.2) is 4.39 Å². The van der Waals surface area contributed by atoms with E-state index < -0.39 is 0 Å². The predicted molar refractivity (Wildman–Crippen MR) is 86.1 cm³/mol. The van der Waals surface area contributed by atoms with Gasteiger partial charge in [0.2, 0.25) is 0 Å². The summed E-state index contributed by atoms with van der Waals surface area (Å²) in [6.45, 7) is 4.63. The first kappa shape index (κ1) is 16.0. The Hall–Kier alpha value is -0.410. The third-order valence-corrected chi connectivity index (χ3v) is 5.74. The van der Waals surface area contributed by atoms with Crippen LogP contribution < -0.4 is 5.73 Å². The maximum absolute atomic E-state index is 13.5. The van der Waals surface area contributed by atoms with Crippen molar-refractivity contribution < 1.29 is 4.39 Å². The van der Waals surface area contributed by atoms with E-state index >= 15 is 0 Å². The highest BCUT2D eigenvalue weighted by molar-refractivity contribution is 9.10. The molecule has 0 saturated heterocycles. The van der Waals surface area contributed by atoms with E-state index in [9.17, 15) is 4.39 Å². The van der Waals surface area contributed by atoms with E-state index in [2.05, 4.69) is 29.8 Å². The number of halogens is 2. The third kappa shape index (κ3) is 3.82. The molecule has 1 unspecified atom stereocenters. The molecule has 0 bridgehead atoms. The van der Waals surface area contributed by atoms with Crippen molar-refractivity contribution in [2.45, 2.75) is 52.0 Å². The SMILES string of the molecule is CC(C)C1CCC(C(N)Cc2cccc(F)c2Br)CC1. The zero-order valence-corrected chi connectivity index (χ0v) is 14.0. The van der Waals surface area contributed by atoms with Gasteiger partial charge in [-0.15, -0.1) is 0 Å². The molecule has 1 nitrogen and oxygen atoms in total. The van der Waals surface area contributed by atoms with Crippen LogP contribution in [0.1, 0.15) is 45.1 Å². The van der Waals surface area contributed by atoms with Crippen LogP contribution in [0.2, 0.25) is 0 Å². The van der Waals surface area contributed by atoms with Crippen molar-refractivity contribution in [2.75, 3.05) is 0 Å². The van der Waals surface area contributed by atoms with Crippen LogP contribution in [0.4, 0.5) is 4.39 Å². The van der Waals surface area contributed by atoms with E-state index in [1.54, 1.807) is 6.07 Å². The summed E-state index contributed by atoms with van der Waals surface area (Å²) < 4.78 is 14.1. The molecule has 0 spiro atoms. The number of benzene rings is 1. The number of nitrogens with two attached hydrogens (primary N) is 1. The van der Waals surface area contributed by atoms with Gasteiger partial charge in [0.05, 0.1) is 4.47 Å². The maximum Gasteiger partial charge on any atom is 0.137 e. The Kier molecular flexibility index (Phi) is 5.62. The molecule has 20 heavy (non-hydrogen) atoms. The van der Waals surface area contributed by atoms with E-state index in [0.717, 1.165) is 23.8 Å². The molecule has 1 atom stereocenters. The lowest BCUT2D eigenvalue weighted by Crippen LogP contribution is -2.35. The molecule has 0 heterocycles. The smallest absolute Gasteiger partial charge is 0.137 e. The van der Waals surface area contributed by atoms with E-state index in [-0.39, 0.29) is 11.9 Å². The van der Waals surface area contributed by atoms with E-state index in [0.29, 0.717) is 10.4 Å². The van der Waals surface area contributed by atoms with Crippen LogP contribution >= 0.6 is 15.9 Å². The molecule has 2 N–H and O–H groups in total. The van der Waals surface area contributed by atoms with Crippen molar-refractivity contribution in [1.82, 2.24) is 0 Å². The molecule has 0 aliphatic heterocycles. The van der Waals surface area contributed by atoms with Gasteiger partial charge in [-0.3, -0.25) is 0 Å². The number of rotatable bonds is 4. The van der Waals surface area contributed by atoms with Gasteiger partial charge in [0.1, 0.15) is 5.82 Å². The van der Waals surface area contributed by atoms with Gasteiger partial charge in [0.25, 0.3) is 0 Å². The molecule has 2 rings (SSSR count). The average Bonchev–Trinajstić information content (AvgIpc) is 2.44. The Morgan fingerprint density at radius 2 is 1.80 bits per heavy atom. The molecule has 0 amide bonds. The van der Waals surface area contributed by atoms with Crippen molar-refractivity contribution in [3.63, 3.8) is 0 Å². The summed E-state index contributed by atoms with van der Waals surface area (Å²) in [5.41, 5.74) is 7.37. The average molecular weight is 342 g/mol. The molecule has 1 aliphatic carbocycles. The highest BCUT2D eigenvalue weighted by Gasteiger charge is 2.27. The Bertz CT molecular complexity index is 439. The Balaban J connectivity index is 1.93. The second-order valence-corrected chi connectivity index (χ2v) is 7.29. The molecule has 1 saturated carbocycles. The summed E-state index contributed by atoms with van der Waals surface area (Å²) in [7, 11) is 0. The minimum Gasteiger partial charge on any atom is -0.327 e. The van der Waals surface area contributed by atoms with Crippen LogP contribution in [-0.4, -0.2) is 6.04 Å². The van der Waals surface area contributed by atoms with Crippen LogP contribution in [0.5, 0.6) is 0 Å². The molecular formula is C17H25BrFN. The fourth-order valence-corrected chi connectivity index (χ4v) is 3.79. The molecule has 3 heteroatoms. The fourth-order valence-electron chi connectivity index (χ4n) is 3.37. The van der Waals surface area contributed by atoms with Crippen molar-refractivity contribution in [3.8, 4) is 0 Å².